The zero-order valence-electron chi connectivity index (χ0n) is 13.0. The molecule has 116 valence electrons. The second-order valence-corrected chi connectivity index (χ2v) is 6.90. The summed E-state index contributed by atoms with van der Waals surface area (Å²) < 4.78 is 11.7. The minimum Gasteiger partial charge on any atom is -0.488 e. The highest BCUT2D eigenvalue weighted by Gasteiger charge is 2.53. The first-order valence-electron chi connectivity index (χ1n) is 7.70. The number of rotatable bonds is 2. The molecule has 3 aliphatic rings. The number of ketones is 1. The van der Waals surface area contributed by atoms with Gasteiger partial charge in [0.05, 0.1) is 0 Å². The van der Waals surface area contributed by atoms with Crippen molar-refractivity contribution in [3.63, 3.8) is 0 Å². The average Bonchev–Trinajstić information content (AvgIpc) is 2.77. The molecule has 1 fully saturated rings. The van der Waals surface area contributed by atoms with E-state index >= 15 is 0 Å². The van der Waals surface area contributed by atoms with Crippen molar-refractivity contribution in [1.82, 2.24) is 0 Å². The van der Waals surface area contributed by atoms with Gasteiger partial charge in [-0.05, 0) is 39.0 Å². The van der Waals surface area contributed by atoms with Crippen LogP contribution in [0.15, 0.2) is 23.5 Å². The van der Waals surface area contributed by atoms with Gasteiger partial charge in [0.25, 0.3) is 0 Å². The van der Waals surface area contributed by atoms with E-state index in [9.17, 15) is 9.90 Å². The van der Waals surface area contributed by atoms with Gasteiger partial charge in [0.2, 0.25) is 0 Å². The third-order valence-corrected chi connectivity index (χ3v) is 5.53. The standard InChI is InChI=1S/C17H24O4/c1-9(2)10-5-6-17(3)12(10)7-11-15(19)13(18)8-14(20-4)16(11)21-17/h10,12-14,18H,1,5-8H2,2-4H3/t10-,12+,13-,14-,17-/m1/s1. The first-order valence-corrected chi connectivity index (χ1v) is 7.70. The summed E-state index contributed by atoms with van der Waals surface area (Å²) in [6.45, 7) is 8.28. The van der Waals surface area contributed by atoms with Gasteiger partial charge in [-0.15, -0.1) is 0 Å². The van der Waals surface area contributed by atoms with E-state index in [-0.39, 0.29) is 23.4 Å². The van der Waals surface area contributed by atoms with Crippen LogP contribution in [0.1, 0.15) is 39.5 Å². The molecular weight excluding hydrogens is 268 g/mol. The minimum absolute atomic E-state index is 0.187. The zero-order valence-corrected chi connectivity index (χ0v) is 13.0. The van der Waals surface area contributed by atoms with Crippen LogP contribution < -0.4 is 0 Å². The molecule has 1 saturated carbocycles. The number of fused-ring (bicyclic) bond motifs is 1. The molecule has 2 aliphatic carbocycles. The summed E-state index contributed by atoms with van der Waals surface area (Å²) in [7, 11) is 1.60. The summed E-state index contributed by atoms with van der Waals surface area (Å²) in [6.07, 6.45) is 1.70. The van der Waals surface area contributed by atoms with Crippen LogP contribution in [0.5, 0.6) is 0 Å². The summed E-state index contributed by atoms with van der Waals surface area (Å²) in [4.78, 5) is 12.3. The molecule has 0 aromatic rings. The minimum atomic E-state index is -0.966. The maximum Gasteiger partial charge on any atom is 0.190 e. The Kier molecular flexibility index (Phi) is 3.49. The normalized spacial score (nSPS) is 42.4. The van der Waals surface area contributed by atoms with E-state index in [4.69, 9.17) is 9.47 Å². The maximum atomic E-state index is 12.3. The highest BCUT2D eigenvalue weighted by Crippen LogP contribution is 2.53. The van der Waals surface area contributed by atoms with Crippen LogP contribution in [0.2, 0.25) is 0 Å². The fourth-order valence-corrected chi connectivity index (χ4v) is 4.27. The van der Waals surface area contributed by atoms with E-state index in [0.717, 1.165) is 18.4 Å². The topological polar surface area (TPSA) is 55.8 Å². The molecule has 5 atom stereocenters. The van der Waals surface area contributed by atoms with E-state index in [2.05, 4.69) is 20.4 Å². The molecule has 1 heterocycles. The summed E-state index contributed by atoms with van der Waals surface area (Å²) in [6, 6.07) is 0. The van der Waals surface area contributed by atoms with Crippen LogP contribution in [0.25, 0.3) is 0 Å². The number of hydrogen-bond acceptors (Lipinski definition) is 4. The van der Waals surface area contributed by atoms with Crippen molar-refractivity contribution in [2.75, 3.05) is 7.11 Å². The van der Waals surface area contributed by atoms with Gasteiger partial charge < -0.3 is 14.6 Å². The van der Waals surface area contributed by atoms with Crippen molar-refractivity contribution in [3.05, 3.63) is 23.5 Å². The largest absolute Gasteiger partial charge is 0.488 e. The number of ether oxygens (including phenoxy) is 2. The lowest BCUT2D eigenvalue weighted by molar-refractivity contribution is -0.134. The number of hydrogen-bond donors (Lipinski definition) is 1. The number of aliphatic hydroxyl groups is 1. The van der Waals surface area contributed by atoms with Crippen molar-refractivity contribution in [2.24, 2.45) is 11.8 Å². The maximum absolute atomic E-state index is 12.3. The molecule has 0 amide bonds. The summed E-state index contributed by atoms with van der Waals surface area (Å²) in [5.74, 6) is 1.12. The molecule has 0 saturated heterocycles. The molecule has 0 unspecified atom stereocenters. The first-order chi connectivity index (χ1) is 9.87. The van der Waals surface area contributed by atoms with Crippen LogP contribution in [0.3, 0.4) is 0 Å². The lowest BCUT2D eigenvalue weighted by atomic mass is 9.74. The Hall–Kier alpha value is -1.13. The third-order valence-electron chi connectivity index (χ3n) is 5.53. The lowest BCUT2D eigenvalue weighted by Gasteiger charge is -2.44. The molecular formula is C17H24O4. The van der Waals surface area contributed by atoms with E-state index in [1.165, 1.54) is 0 Å². The Morgan fingerprint density at radius 1 is 1.52 bits per heavy atom. The average molecular weight is 292 g/mol. The number of carbonyl (C=O) groups excluding carboxylic acids is 1. The van der Waals surface area contributed by atoms with Crippen LogP contribution in [0.4, 0.5) is 0 Å². The fraction of sp³-hybridized carbons (Fsp3) is 0.706. The lowest BCUT2D eigenvalue weighted by Crippen LogP contribution is -2.47. The summed E-state index contributed by atoms with van der Waals surface area (Å²) >= 11 is 0. The van der Waals surface area contributed by atoms with Crippen LogP contribution in [-0.2, 0) is 14.3 Å². The second-order valence-electron chi connectivity index (χ2n) is 6.90. The van der Waals surface area contributed by atoms with Gasteiger partial charge in [-0.3, -0.25) is 4.79 Å². The van der Waals surface area contributed by atoms with Gasteiger partial charge in [-0.25, -0.2) is 0 Å². The molecule has 0 aromatic heterocycles. The van der Waals surface area contributed by atoms with Gasteiger partial charge in [0.15, 0.2) is 5.78 Å². The number of allylic oxidation sites excluding steroid dienone is 1. The van der Waals surface area contributed by atoms with E-state index in [0.29, 0.717) is 30.1 Å². The van der Waals surface area contributed by atoms with Crippen molar-refractivity contribution in [3.8, 4) is 0 Å². The molecule has 0 spiro atoms. The highest BCUT2D eigenvalue weighted by atomic mass is 16.5. The predicted molar refractivity (Wildman–Crippen MR) is 78.6 cm³/mol. The molecule has 0 radical (unpaired) electrons. The second kappa shape index (κ2) is 4.96. The number of carbonyl (C=O) groups is 1. The van der Waals surface area contributed by atoms with Crippen molar-refractivity contribution >= 4 is 5.78 Å². The van der Waals surface area contributed by atoms with Gasteiger partial charge >= 0.3 is 0 Å². The molecule has 0 bridgehead atoms. The summed E-state index contributed by atoms with van der Waals surface area (Å²) in [5, 5.41) is 9.96. The van der Waals surface area contributed by atoms with Crippen molar-refractivity contribution in [1.29, 1.82) is 0 Å². The third kappa shape index (κ3) is 2.16. The number of aliphatic hydroxyl groups excluding tert-OH is 1. The number of methoxy groups -OCH3 is 1. The van der Waals surface area contributed by atoms with Crippen LogP contribution >= 0.6 is 0 Å². The Bertz CT molecular complexity index is 521. The zero-order chi connectivity index (χ0) is 15.4. The highest BCUT2D eigenvalue weighted by molar-refractivity contribution is 6.00. The van der Waals surface area contributed by atoms with Crippen LogP contribution in [-0.4, -0.2) is 35.8 Å². The molecule has 3 rings (SSSR count). The first kappa shape index (κ1) is 14.8. The van der Waals surface area contributed by atoms with Gasteiger partial charge in [0, 0.05) is 25.0 Å². The molecule has 1 N–H and O–H groups in total. The summed E-state index contributed by atoms with van der Waals surface area (Å²) in [5.41, 5.74) is 1.54. The molecule has 0 aromatic carbocycles. The fourth-order valence-electron chi connectivity index (χ4n) is 4.27. The van der Waals surface area contributed by atoms with Gasteiger partial charge in [0.1, 0.15) is 23.6 Å². The SMILES string of the molecule is C=C(C)[C@H]1CC[C@@]2(C)OC3=C(C[C@@H]12)C(=O)[C@H](O)C[C@H]3OC. The Morgan fingerprint density at radius 2 is 2.24 bits per heavy atom. The van der Waals surface area contributed by atoms with E-state index < -0.39 is 6.10 Å². The van der Waals surface area contributed by atoms with E-state index in [1.54, 1.807) is 7.11 Å². The van der Waals surface area contributed by atoms with Crippen molar-refractivity contribution < 1.29 is 19.4 Å². The van der Waals surface area contributed by atoms with Crippen LogP contribution in [0, 0.1) is 11.8 Å². The Morgan fingerprint density at radius 3 is 2.86 bits per heavy atom. The predicted octanol–water partition coefficient (Wildman–Crippen LogP) is 2.37. The quantitative estimate of drug-likeness (QED) is 0.794. The van der Waals surface area contributed by atoms with Gasteiger partial charge in [-0.2, -0.15) is 0 Å². The molecule has 21 heavy (non-hydrogen) atoms. The monoisotopic (exact) mass is 292 g/mol. The van der Waals surface area contributed by atoms with E-state index in [1.807, 2.05) is 0 Å². The Balaban J connectivity index is 1.99. The Labute approximate surface area is 125 Å². The van der Waals surface area contributed by atoms with Crippen molar-refractivity contribution in [2.45, 2.75) is 57.3 Å². The molecule has 1 aliphatic heterocycles. The molecule has 4 nitrogen and oxygen atoms in total. The molecule has 4 heteroatoms. The van der Waals surface area contributed by atoms with Gasteiger partial charge in [-0.1, -0.05) is 12.2 Å². The smallest absolute Gasteiger partial charge is 0.190 e. The number of Topliss-reactive ketones (excluding diaryl/α,β-unsaturated/α-hetero) is 1.